The Balaban J connectivity index is 1.73. The van der Waals surface area contributed by atoms with Gasteiger partial charge in [-0.15, -0.1) is 0 Å². The van der Waals surface area contributed by atoms with Gasteiger partial charge >= 0.3 is 0 Å². The van der Waals surface area contributed by atoms with Crippen LogP contribution in [0, 0.1) is 12.7 Å². The normalized spacial score (nSPS) is 10.8. The van der Waals surface area contributed by atoms with Crippen LogP contribution in [0.25, 0.3) is 10.8 Å². The van der Waals surface area contributed by atoms with Crippen LogP contribution in [0.15, 0.2) is 73.2 Å². The second-order valence-electron chi connectivity index (χ2n) is 6.30. The zero-order valence-corrected chi connectivity index (χ0v) is 14.4. The summed E-state index contributed by atoms with van der Waals surface area (Å²) < 4.78 is 13.8. The molecule has 0 bridgehead atoms. The maximum atomic E-state index is 13.8. The van der Waals surface area contributed by atoms with Gasteiger partial charge in [0.15, 0.2) is 0 Å². The average Bonchev–Trinajstić information content (AvgIpc) is 2.67. The summed E-state index contributed by atoms with van der Waals surface area (Å²) in [6, 6.07) is 17.3. The number of nitrogens with one attached hydrogen (secondary N) is 1. The summed E-state index contributed by atoms with van der Waals surface area (Å²) in [7, 11) is 0. The molecule has 1 N–H and O–H groups in total. The lowest BCUT2D eigenvalue weighted by molar-refractivity contribution is 0.619. The van der Waals surface area contributed by atoms with Crippen LogP contribution in [-0.4, -0.2) is 9.97 Å². The zero-order valence-electron chi connectivity index (χ0n) is 14.4. The molecule has 3 nitrogen and oxygen atoms in total. The molecule has 0 radical (unpaired) electrons. The standard InChI is InChI=1S/C22H18FN3/c1-15-6-7-18(13-21(15)23)26-22-20-5-3-2-4-19(20)17(14-25-22)12-16-8-10-24-11-9-16/h2-11,13-14H,12H2,1H3,(H,25,26). The molecule has 2 heterocycles. The molecule has 128 valence electrons. The van der Waals surface area contributed by atoms with Crippen LogP contribution in [0.4, 0.5) is 15.9 Å². The molecule has 4 rings (SSSR count). The Morgan fingerprint density at radius 2 is 1.73 bits per heavy atom. The van der Waals surface area contributed by atoms with Crippen LogP contribution in [0.5, 0.6) is 0 Å². The first-order chi connectivity index (χ1) is 12.7. The maximum Gasteiger partial charge on any atom is 0.138 e. The Kier molecular flexibility index (Phi) is 4.32. The van der Waals surface area contributed by atoms with Crippen molar-refractivity contribution in [1.82, 2.24) is 9.97 Å². The fourth-order valence-corrected chi connectivity index (χ4v) is 3.02. The minimum Gasteiger partial charge on any atom is -0.340 e. The van der Waals surface area contributed by atoms with Crippen molar-refractivity contribution < 1.29 is 4.39 Å². The van der Waals surface area contributed by atoms with Crippen LogP contribution >= 0.6 is 0 Å². The molecule has 2 aromatic heterocycles. The van der Waals surface area contributed by atoms with Gasteiger partial charge in [0.05, 0.1) is 0 Å². The van der Waals surface area contributed by atoms with Crippen molar-refractivity contribution in [1.29, 1.82) is 0 Å². The van der Waals surface area contributed by atoms with Crippen LogP contribution < -0.4 is 5.32 Å². The lowest BCUT2D eigenvalue weighted by Gasteiger charge is -2.13. The van der Waals surface area contributed by atoms with E-state index in [9.17, 15) is 4.39 Å². The van der Waals surface area contributed by atoms with E-state index in [1.165, 1.54) is 11.6 Å². The monoisotopic (exact) mass is 343 g/mol. The number of aromatic nitrogens is 2. The van der Waals surface area contributed by atoms with Gasteiger partial charge in [-0.2, -0.15) is 0 Å². The van der Waals surface area contributed by atoms with E-state index < -0.39 is 0 Å². The van der Waals surface area contributed by atoms with Crippen molar-refractivity contribution in [3.8, 4) is 0 Å². The molecule has 0 fully saturated rings. The van der Waals surface area contributed by atoms with E-state index in [0.29, 0.717) is 11.3 Å². The van der Waals surface area contributed by atoms with Crippen LogP contribution in [0.1, 0.15) is 16.7 Å². The van der Waals surface area contributed by atoms with Gasteiger partial charge in [0.2, 0.25) is 0 Å². The molecule has 0 saturated carbocycles. The third kappa shape index (κ3) is 3.26. The van der Waals surface area contributed by atoms with Gasteiger partial charge in [-0.3, -0.25) is 4.98 Å². The van der Waals surface area contributed by atoms with Gasteiger partial charge in [-0.25, -0.2) is 9.37 Å². The first-order valence-corrected chi connectivity index (χ1v) is 8.49. The number of benzene rings is 2. The Hall–Kier alpha value is -3.27. The lowest BCUT2D eigenvalue weighted by Crippen LogP contribution is -1.99. The number of hydrogen-bond acceptors (Lipinski definition) is 3. The fraction of sp³-hybridized carbons (Fsp3) is 0.0909. The molecular weight excluding hydrogens is 325 g/mol. The topological polar surface area (TPSA) is 37.8 Å². The van der Waals surface area contributed by atoms with E-state index in [1.54, 1.807) is 25.4 Å². The van der Waals surface area contributed by atoms with Crippen molar-refractivity contribution >= 4 is 22.3 Å². The van der Waals surface area contributed by atoms with Crippen LogP contribution in [0.2, 0.25) is 0 Å². The second-order valence-corrected chi connectivity index (χ2v) is 6.30. The fourth-order valence-electron chi connectivity index (χ4n) is 3.02. The van der Waals surface area contributed by atoms with Crippen LogP contribution in [0.3, 0.4) is 0 Å². The summed E-state index contributed by atoms with van der Waals surface area (Å²) in [6.07, 6.45) is 6.27. The van der Waals surface area contributed by atoms with E-state index in [2.05, 4.69) is 21.4 Å². The maximum absolute atomic E-state index is 13.8. The molecule has 26 heavy (non-hydrogen) atoms. The highest BCUT2D eigenvalue weighted by molar-refractivity contribution is 5.95. The molecule has 0 atom stereocenters. The molecule has 0 aliphatic heterocycles. The average molecular weight is 343 g/mol. The third-order valence-electron chi connectivity index (χ3n) is 4.46. The van der Waals surface area contributed by atoms with Crippen molar-refractivity contribution in [3.63, 3.8) is 0 Å². The van der Waals surface area contributed by atoms with Crippen molar-refractivity contribution in [3.05, 3.63) is 95.7 Å². The van der Waals surface area contributed by atoms with E-state index in [-0.39, 0.29) is 5.82 Å². The highest BCUT2D eigenvalue weighted by Crippen LogP contribution is 2.28. The number of halogens is 1. The summed E-state index contributed by atoms with van der Waals surface area (Å²) in [6.45, 7) is 1.75. The molecule has 0 saturated heterocycles. The van der Waals surface area contributed by atoms with Crippen molar-refractivity contribution in [2.24, 2.45) is 0 Å². The zero-order chi connectivity index (χ0) is 17.9. The Bertz CT molecular complexity index is 1060. The molecule has 0 aliphatic rings. The molecule has 0 spiro atoms. The molecule has 4 aromatic rings. The van der Waals surface area contributed by atoms with Crippen molar-refractivity contribution in [2.45, 2.75) is 13.3 Å². The quantitative estimate of drug-likeness (QED) is 0.538. The first kappa shape index (κ1) is 16.2. The van der Waals surface area contributed by atoms with Gasteiger partial charge in [-0.05, 0) is 59.7 Å². The van der Waals surface area contributed by atoms with E-state index in [1.807, 2.05) is 42.6 Å². The molecular formula is C22H18FN3. The molecule has 4 heteroatoms. The number of hydrogen-bond donors (Lipinski definition) is 1. The Morgan fingerprint density at radius 1 is 0.962 bits per heavy atom. The molecule has 0 amide bonds. The summed E-state index contributed by atoms with van der Waals surface area (Å²) in [5.41, 5.74) is 3.65. The second kappa shape index (κ2) is 6.92. The van der Waals surface area contributed by atoms with E-state index in [0.717, 1.165) is 28.6 Å². The SMILES string of the molecule is Cc1ccc(Nc2ncc(Cc3ccncc3)c3ccccc23)cc1F. The highest BCUT2D eigenvalue weighted by Gasteiger charge is 2.09. The minimum atomic E-state index is -0.228. The number of aryl methyl sites for hydroxylation is 1. The largest absolute Gasteiger partial charge is 0.340 e. The van der Waals surface area contributed by atoms with Gasteiger partial charge in [0.25, 0.3) is 0 Å². The van der Waals surface area contributed by atoms with Crippen molar-refractivity contribution in [2.75, 3.05) is 5.32 Å². The minimum absolute atomic E-state index is 0.228. The van der Waals surface area contributed by atoms with Crippen LogP contribution in [-0.2, 0) is 6.42 Å². The third-order valence-corrected chi connectivity index (χ3v) is 4.46. The first-order valence-electron chi connectivity index (χ1n) is 8.49. The van der Waals surface area contributed by atoms with E-state index >= 15 is 0 Å². The summed E-state index contributed by atoms with van der Waals surface area (Å²) in [5.74, 6) is 0.496. The summed E-state index contributed by atoms with van der Waals surface area (Å²) in [4.78, 5) is 8.67. The lowest BCUT2D eigenvalue weighted by atomic mass is 10.0. The van der Waals surface area contributed by atoms with Gasteiger partial charge in [0.1, 0.15) is 11.6 Å². The van der Waals surface area contributed by atoms with Gasteiger partial charge in [0, 0.05) is 29.7 Å². The number of nitrogens with zero attached hydrogens (tertiary/aromatic N) is 2. The smallest absolute Gasteiger partial charge is 0.138 e. The van der Waals surface area contributed by atoms with E-state index in [4.69, 9.17) is 0 Å². The number of anilines is 2. The highest BCUT2D eigenvalue weighted by atomic mass is 19.1. The Labute approximate surface area is 151 Å². The molecule has 2 aromatic carbocycles. The number of rotatable bonds is 4. The van der Waals surface area contributed by atoms with Gasteiger partial charge < -0.3 is 5.32 Å². The molecule has 0 unspecified atom stereocenters. The Morgan fingerprint density at radius 3 is 2.50 bits per heavy atom. The molecule has 0 aliphatic carbocycles. The summed E-state index contributed by atoms with van der Waals surface area (Å²) in [5, 5.41) is 5.39. The predicted molar refractivity (Wildman–Crippen MR) is 103 cm³/mol. The number of pyridine rings is 2. The predicted octanol–water partition coefficient (Wildman–Crippen LogP) is 5.41. The summed E-state index contributed by atoms with van der Waals surface area (Å²) >= 11 is 0. The van der Waals surface area contributed by atoms with Gasteiger partial charge in [-0.1, -0.05) is 30.3 Å². The number of fused-ring (bicyclic) bond motifs is 1.